The van der Waals surface area contributed by atoms with Crippen LogP contribution in [0.2, 0.25) is 0 Å². The number of anilines is 2. The van der Waals surface area contributed by atoms with Crippen LogP contribution in [-0.4, -0.2) is 23.6 Å². The smallest absolute Gasteiger partial charge is 0.258 e. The Labute approximate surface area is 256 Å². The van der Waals surface area contributed by atoms with E-state index in [9.17, 15) is 19.2 Å². The van der Waals surface area contributed by atoms with Gasteiger partial charge in [-0.3, -0.25) is 19.2 Å². The van der Waals surface area contributed by atoms with Crippen molar-refractivity contribution in [2.75, 3.05) is 9.80 Å². The highest BCUT2D eigenvalue weighted by atomic mass is 16.2. The van der Waals surface area contributed by atoms with E-state index in [4.69, 9.17) is 0 Å². The summed E-state index contributed by atoms with van der Waals surface area (Å²) in [6, 6.07) is 8.73. The minimum Gasteiger partial charge on any atom is -0.269 e. The molecule has 0 saturated carbocycles. The highest BCUT2D eigenvalue weighted by Crippen LogP contribution is 2.36. The summed E-state index contributed by atoms with van der Waals surface area (Å²) in [7, 11) is 0. The summed E-state index contributed by atoms with van der Waals surface area (Å²) < 4.78 is 0. The van der Waals surface area contributed by atoms with Crippen molar-refractivity contribution < 1.29 is 19.2 Å². The van der Waals surface area contributed by atoms with Crippen LogP contribution in [0.3, 0.4) is 0 Å². The van der Waals surface area contributed by atoms with Crippen LogP contribution in [0.1, 0.15) is 112 Å². The van der Waals surface area contributed by atoms with Crippen LogP contribution in [0, 0.1) is 0 Å². The number of rotatable bonds is 16. The number of carbonyl (C=O) groups excluding carboxylic acids is 4. The van der Waals surface area contributed by atoms with Gasteiger partial charge in [-0.15, -0.1) is 0 Å². The molecule has 2 aromatic rings. The molecule has 4 rings (SSSR count). The summed E-state index contributed by atoms with van der Waals surface area (Å²) in [5.74, 6) is -1.09. The Bertz CT molecular complexity index is 1230. The van der Waals surface area contributed by atoms with Gasteiger partial charge in [-0.2, -0.15) is 0 Å². The van der Waals surface area contributed by atoms with Crippen molar-refractivity contribution in [3.8, 4) is 0 Å². The average Bonchev–Trinajstić information content (AvgIpc) is 3.50. The number of aryl methyl sites for hydroxylation is 4. The van der Waals surface area contributed by atoms with Crippen molar-refractivity contribution in [1.82, 2.24) is 0 Å². The quantitative estimate of drug-likeness (QED) is 0.192. The second kappa shape index (κ2) is 15.1. The molecule has 0 unspecified atom stereocenters. The second-order valence-corrected chi connectivity index (χ2v) is 11.8. The number of hydrogen-bond acceptors (Lipinski definition) is 4. The molecule has 0 spiro atoms. The monoisotopic (exact) mass is 582 g/mol. The summed E-state index contributed by atoms with van der Waals surface area (Å²) in [4.78, 5) is 54.0. The van der Waals surface area contributed by atoms with E-state index < -0.39 is 0 Å². The van der Waals surface area contributed by atoms with Crippen LogP contribution in [0.5, 0.6) is 0 Å². The predicted molar refractivity (Wildman–Crippen MR) is 173 cm³/mol. The van der Waals surface area contributed by atoms with E-state index in [1.54, 1.807) is 0 Å². The van der Waals surface area contributed by atoms with Crippen molar-refractivity contribution in [1.29, 1.82) is 0 Å². The first kappa shape index (κ1) is 32.1. The molecular weight excluding hydrogens is 536 g/mol. The standard InChI is InChI=1S/C37H46N2O4/c1-5-9-13-28-22-26(23-29(14-10-6-2)36(28)38-32(40)17-18-33(38)41)21-27-24-30(15-11-7-3)37(31(25-27)16-12-8-4)39-34(42)19-20-35(39)43/h17-20,22-25H,5-16,21H2,1-4H3. The van der Waals surface area contributed by atoms with Gasteiger partial charge in [0.1, 0.15) is 0 Å². The fourth-order valence-electron chi connectivity index (χ4n) is 6.15. The second-order valence-electron chi connectivity index (χ2n) is 11.8. The Morgan fingerprint density at radius 2 is 0.698 bits per heavy atom. The molecule has 0 saturated heterocycles. The molecule has 0 bridgehead atoms. The van der Waals surface area contributed by atoms with E-state index in [-0.39, 0.29) is 23.6 Å². The van der Waals surface area contributed by atoms with E-state index in [1.165, 1.54) is 34.1 Å². The van der Waals surface area contributed by atoms with Crippen molar-refractivity contribution >= 4 is 35.0 Å². The maximum atomic E-state index is 12.8. The number of imide groups is 2. The third-order valence-electron chi connectivity index (χ3n) is 8.33. The molecule has 0 radical (unpaired) electrons. The van der Waals surface area contributed by atoms with Crippen molar-refractivity contribution in [2.45, 2.75) is 111 Å². The van der Waals surface area contributed by atoms with Gasteiger partial charge in [0.05, 0.1) is 11.4 Å². The summed E-state index contributed by atoms with van der Waals surface area (Å²) >= 11 is 0. The highest BCUT2D eigenvalue weighted by molar-refractivity contribution is 6.29. The molecule has 6 heteroatoms. The largest absolute Gasteiger partial charge is 0.269 e. The fraction of sp³-hybridized carbons (Fsp3) is 0.459. The lowest BCUT2D eigenvalue weighted by Crippen LogP contribution is -2.32. The first-order valence-electron chi connectivity index (χ1n) is 16.2. The Morgan fingerprint density at radius 3 is 0.930 bits per heavy atom. The third kappa shape index (κ3) is 7.41. The van der Waals surface area contributed by atoms with E-state index in [0.717, 1.165) is 122 Å². The lowest BCUT2D eigenvalue weighted by atomic mass is 9.89. The van der Waals surface area contributed by atoms with E-state index in [2.05, 4.69) is 52.0 Å². The van der Waals surface area contributed by atoms with E-state index >= 15 is 0 Å². The first-order valence-corrected chi connectivity index (χ1v) is 16.2. The first-order chi connectivity index (χ1) is 20.8. The zero-order chi connectivity index (χ0) is 30.9. The molecular formula is C37H46N2O4. The number of unbranched alkanes of at least 4 members (excludes halogenated alkanes) is 4. The van der Waals surface area contributed by atoms with Gasteiger partial charge in [-0.1, -0.05) is 77.6 Å². The predicted octanol–water partition coefficient (Wildman–Crippen LogP) is 7.51. The lowest BCUT2D eigenvalue weighted by Gasteiger charge is -2.25. The normalized spacial score (nSPS) is 14.7. The zero-order valence-electron chi connectivity index (χ0n) is 26.3. The van der Waals surface area contributed by atoms with Crippen LogP contribution in [0.25, 0.3) is 0 Å². The molecule has 0 aliphatic carbocycles. The van der Waals surface area contributed by atoms with Crippen molar-refractivity contribution in [2.24, 2.45) is 0 Å². The van der Waals surface area contributed by atoms with Gasteiger partial charge in [0.15, 0.2) is 0 Å². The van der Waals surface area contributed by atoms with Gasteiger partial charge >= 0.3 is 0 Å². The van der Waals surface area contributed by atoms with E-state index in [0.29, 0.717) is 6.42 Å². The zero-order valence-corrected chi connectivity index (χ0v) is 26.3. The topological polar surface area (TPSA) is 74.8 Å². The number of carbonyl (C=O) groups is 4. The number of hydrogen-bond donors (Lipinski definition) is 0. The molecule has 2 heterocycles. The summed E-state index contributed by atoms with van der Waals surface area (Å²) in [6.45, 7) is 8.60. The maximum Gasteiger partial charge on any atom is 0.258 e. The fourth-order valence-corrected chi connectivity index (χ4v) is 6.15. The summed E-state index contributed by atoms with van der Waals surface area (Å²) in [6.07, 6.45) is 17.3. The maximum absolute atomic E-state index is 12.8. The number of amides is 4. The third-order valence-corrected chi connectivity index (χ3v) is 8.33. The van der Waals surface area contributed by atoms with Crippen molar-refractivity contribution in [3.63, 3.8) is 0 Å². The van der Waals surface area contributed by atoms with Gasteiger partial charge in [0.25, 0.3) is 23.6 Å². The number of benzene rings is 2. The van der Waals surface area contributed by atoms with Crippen LogP contribution < -0.4 is 9.80 Å². The van der Waals surface area contributed by atoms with E-state index in [1.807, 2.05) is 0 Å². The molecule has 228 valence electrons. The molecule has 6 nitrogen and oxygen atoms in total. The van der Waals surface area contributed by atoms with Gasteiger partial charge in [0.2, 0.25) is 0 Å². The van der Waals surface area contributed by atoms with Crippen molar-refractivity contribution in [3.05, 3.63) is 82.0 Å². The Balaban J connectivity index is 1.82. The molecule has 2 aromatic carbocycles. The molecule has 0 N–H and O–H groups in total. The van der Waals surface area contributed by atoms with Crippen LogP contribution >= 0.6 is 0 Å². The van der Waals surface area contributed by atoms with Gasteiger partial charge in [0, 0.05) is 24.3 Å². The molecule has 2 aliphatic rings. The Hall–Kier alpha value is -3.80. The molecule has 43 heavy (non-hydrogen) atoms. The minimum atomic E-state index is -0.273. The van der Waals surface area contributed by atoms with Crippen LogP contribution in [0.15, 0.2) is 48.6 Å². The molecule has 2 aliphatic heterocycles. The van der Waals surface area contributed by atoms with Crippen LogP contribution in [-0.2, 0) is 51.3 Å². The SMILES string of the molecule is CCCCc1cc(Cc2cc(CCCC)c(N3C(=O)C=CC3=O)c(CCCC)c2)cc(CCCC)c1N1C(=O)C=CC1=O. The average molecular weight is 583 g/mol. The highest BCUT2D eigenvalue weighted by Gasteiger charge is 2.31. The van der Waals surface area contributed by atoms with Gasteiger partial charge < -0.3 is 0 Å². The Morgan fingerprint density at radius 1 is 0.442 bits per heavy atom. The van der Waals surface area contributed by atoms with Gasteiger partial charge in [-0.05, 0) is 91.2 Å². The Kier molecular flexibility index (Phi) is 11.3. The summed E-state index contributed by atoms with van der Waals surface area (Å²) in [5, 5.41) is 0. The number of nitrogens with zero attached hydrogens (tertiary/aromatic N) is 2. The molecule has 0 fully saturated rings. The lowest BCUT2D eigenvalue weighted by molar-refractivity contribution is -0.121. The summed E-state index contributed by atoms with van der Waals surface area (Å²) in [5.41, 5.74) is 8.03. The van der Waals surface area contributed by atoms with Crippen LogP contribution in [0.4, 0.5) is 11.4 Å². The molecule has 4 amide bonds. The van der Waals surface area contributed by atoms with Gasteiger partial charge in [-0.25, -0.2) is 9.80 Å². The molecule has 0 aromatic heterocycles. The molecule has 0 atom stereocenters. The minimum absolute atomic E-state index is 0.273.